The van der Waals surface area contributed by atoms with Gasteiger partial charge < -0.3 is 19.9 Å². The maximum Gasteiger partial charge on any atom is 0.322 e. The van der Waals surface area contributed by atoms with Crippen LogP contribution in [0.3, 0.4) is 0 Å². The third-order valence-corrected chi connectivity index (χ3v) is 5.59. The number of rotatable bonds is 7. The Morgan fingerprint density at radius 2 is 1.76 bits per heavy atom. The molecule has 0 unspecified atom stereocenters. The van der Waals surface area contributed by atoms with Gasteiger partial charge in [0.25, 0.3) is 5.56 Å². The maximum absolute atomic E-state index is 13.3. The molecule has 6 nitrogen and oxygen atoms in total. The van der Waals surface area contributed by atoms with Crippen molar-refractivity contribution in [3.05, 3.63) is 106 Å². The Kier molecular flexibility index (Phi) is 6.74. The predicted molar refractivity (Wildman–Crippen MR) is 132 cm³/mol. The third-order valence-electron chi connectivity index (χ3n) is 5.59. The number of H-pyrrole nitrogens is 1. The van der Waals surface area contributed by atoms with Crippen LogP contribution in [0.15, 0.2) is 83.7 Å². The number of nitrogens with one attached hydrogen (secondary N) is 2. The standard InChI is InChI=1S/C27H27N3O3/c1-19-12-13-21-17-22(26(31)28-24(21)16-19)18-30(15-14-20-8-4-3-5-9-20)27(32)29-23-10-6-7-11-25(23)33-2/h3-13,16-17H,14-15,18H2,1-2H3,(H,28,31)(H,29,32). The second-order valence-corrected chi connectivity index (χ2v) is 8.00. The van der Waals surface area contributed by atoms with Gasteiger partial charge in [0.1, 0.15) is 5.75 Å². The molecule has 168 valence electrons. The molecule has 33 heavy (non-hydrogen) atoms. The van der Waals surface area contributed by atoms with Crippen LogP contribution >= 0.6 is 0 Å². The van der Waals surface area contributed by atoms with Gasteiger partial charge >= 0.3 is 6.03 Å². The van der Waals surface area contributed by atoms with Gasteiger partial charge in [-0.2, -0.15) is 0 Å². The van der Waals surface area contributed by atoms with Crippen molar-refractivity contribution in [1.29, 1.82) is 0 Å². The van der Waals surface area contributed by atoms with E-state index in [0.717, 1.165) is 22.0 Å². The Morgan fingerprint density at radius 1 is 1.00 bits per heavy atom. The molecule has 1 aromatic heterocycles. The molecule has 0 saturated carbocycles. The summed E-state index contributed by atoms with van der Waals surface area (Å²) in [6.07, 6.45) is 0.671. The molecule has 3 aromatic carbocycles. The molecule has 0 aliphatic rings. The van der Waals surface area contributed by atoms with Crippen molar-refractivity contribution in [2.75, 3.05) is 19.0 Å². The molecule has 0 spiro atoms. The van der Waals surface area contributed by atoms with E-state index in [1.807, 2.05) is 73.7 Å². The number of aromatic amines is 1. The maximum atomic E-state index is 13.3. The van der Waals surface area contributed by atoms with Gasteiger partial charge in [-0.1, -0.05) is 54.6 Å². The molecule has 1 heterocycles. The number of ether oxygens (including phenoxy) is 1. The number of benzene rings is 3. The summed E-state index contributed by atoms with van der Waals surface area (Å²) in [6.45, 7) is 2.63. The van der Waals surface area contributed by atoms with E-state index in [9.17, 15) is 9.59 Å². The van der Waals surface area contributed by atoms with Gasteiger partial charge in [0, 0.05) is 17.6 Å². The minimum absolute atomic E-state index is 0.187. The number of urea groups is 1. The topological polar surface area (TPSA) is 74.4 Å². The van der Waals surface area contributed by atoms with Gasteiger partial charge in [-0.05, 0) is 54.1 Å². The summed E-state index contributed by atoms with van der Waals surface area (Å²) in [5.41, 5.74) is 3.91. The van der Waals surface area contributed by atoms with E-state index >= 15 is 0 Å². The lowest BCUT2D eigenvalue weighted by atomic mass is 10.1. The minimum atomic E-state index is -0.293. The molecule has 2 N–H and O–H groups in total. The Bertz CT molecular complexity index is 1320. The number of fused-ring (bicyclic) bond motifs is 1. The number of hydrogen-bond acceptors (Lipinski definition) is 3. The van der Waals surface area contributed by atoms with Gasteiger partial charge in [0.15, 0.2) is 0 Å². The summed E-state index contributed by atoms with van der Waals surface area (Å²) in [5, 5.41) is 3.87. The van der Waals surface area contributed by atoms with Crippen LogP contribution in [0.5, 0.6) is 5.75 Å². The fraction of sp³-hybridized carbons (Fsp3) is 0.185. The van der Waals surface area contributed by atoms with Gasteiger partial charge in [-0.15, -0.1) is 0 Å². The number of aryl methyl sites for hydroxylation is 1. The van der Waals surface area contributed by atoms with Gasteiger partial charge in [-0.25, -0.2) is 4.79 Å². The van der Waals surface area contributed by atoms with E-state index < -0.39 is 0 Å². The Balaban J connectivity index is 1.61. The number of carbonyl (C=O) groups excluding carboxylic acids is 1. The van der Waals surface area contributed by atoms with E-state index in [-0.39, 0.29) is 18.1 Å². The molecule has 0 radical (unpaired) electrons. The first kappa shape index (κ1) is 22.1. The number of carbonyl (C=O) groups is 1. The fourth-order valence-corrected chi connectivity index (χ4v) is 3.79. The highest BCUT2D eigenvalue weighted by molar-refractivity contribution is 5.91. The van der Waals surface area contributed by atoms with E-state index in [4.69, 9.17) is 4.74 Å². The van der Waals surface area contributed by atoms with Crippen LogP contribution in [0.25, 0.3) is 10.9 Å². The molecule has 0 atom stereocenters. The van der Waals surface area contributed by atoms with Crippen molar-refractivity contribution < 1.29 is 9.53 Å². The zero-order valence-corrected chi connectivity index (χ0v) is 18.8. The van der Waals surface area contributed by atoms with Crippen molar-refractivity contribution in [3.8, 4) is 5.75 Å². The van der Waals surface area contributed by atoms with Crippen LogP contribution in [0.2, 0.25) is 0 Å². The first-order chi connectivity index (χ1) is 16.0. The molecule has 0 aliphatic carbocycles. The van der Waals surface area contributed by atoms with E-state index in [1.54, 1.807) is 24.1 Å². The van der Waals surface area contributed by atoms with Crippen LogP contribution in [-0.4, -0.2) is 29.6 Å². The zero-order valence-electron chi connectivity index (χ0n) is 18.8. The highest BCUT2D eigenvalue weighted by atomic mass is 16.5. The highest BCUT2D eigenvalue weighted by Gasteiger charge is 2.18. The summed E-state index contributed by atoms with van der Waals surface area (Å²) in [4.78, 5) is 30.7. The largest absolute Gasteiger partial charge is 0.495 e. The van der Waals surface area contributed by atoms with Crippen molar-refractivity contribution in [1.82, 2.24) is 9.88 Å². The molecule has 2 amide bonds. The first-order valence-corrected chi connectivity index (χ1v) is 10.9. The monoisotopic (exact) mass is 441 g/mol. The van der Waals surface area contributed by atoms with Crippen molar-refractivity contribution in [2.24, 2.45) is 0 Å². The molecule has 6 heteroatoms. The quantitative estimate of drug-likeness (QED) is 0.418. The lowest BCUT2D eigenvalue weighted by molar-refractivity contribution is 0.209. The highest BCUT2D eigenvalue weighted by Crippen LogP contribution is 2.24. The van der Waals surface area contributed by atoms with E-state index in [0.29, 0.717) is 30.0 Å². The number of anilines is 1. The summed E-state index contributed by atoms with van der Waals surface area (Å²) in [7, 11) is 1.56. The van der Waals surface area contributed by atoms with Crippen molar-refractivity contribution in [3.63, 3.8) is 0 Å². The molecule has 0 aliphatic heterocycles. The van der Waals surface area contributed by atoms with Gasteiger partial charge in [0.05, 0.1) is 19.3 Å². The third kappa shape index (κ3) is 5.41. The molecular formula is C27H27N3O3. The van der Waals surface area contributed by atoms with Crippen LogP contribution in [0.1, 0.15) is 16.7 Å². The van der Waals surface area contributed by atoms with Gasteiger partial charge in [0.2, 0.25) is 0 Å². The predicted octanol–water partition coefficient (Wildman–Crippen LogP) is 5.12. The number of hydrogen-bond donors (Lipinski definition) is 2. The van der Waals surface area contributed by atoms with Gasteiger partial charge in [-0.3, -0.25) is 4.79 Å². The fourth-order valence-electron chi connectivity index (χ4n) is 3.79. The second kappa shape index (κ2) is 10.0. The zero-order chi connectivity index (χ0) is 23.2. The lowest BCUT2D eigenvalue weighted by Crippen LogP contribution is -2.37. The number of para-hydroxylation sites is 2. The summed E-state index contributed by atoms with van der Waals surface area (Å²) < 4.78 is 5.36. The number of aromatic nitrogens is 1. The molecular weight excluding hydrogens is 414 g/mol. The van der Waals surface area contributed by atoms with Crippen molar-refractivity contribution in [2.45, 2.75) is 19.9 Å². The Morgan fingerprint density at radius 3 is 2.55 bits per heavy atom. The van der Waals surface area contributed by atoms with Crippen LogP contribution in [-0.2, 0) is 13.0 Å². The summed E-state index contributed by atoms with van der Waals surface area (Å²) in [5.74, 6) is 0.577. The van der Waals surface area contributed by atoms with Crippen LogP contribution in [0, 0.1) is 6.92 Å². The molecule has 0 saturated heterocycles. The van der Waals surface area contributed by atoms with Crippen molar-refractivity contribution >= 4 is 22.6 Å². The Labute approximate surface area is 192 Å². The summed E-state index contributed by atoms with van der Waals surface area (Å²) >= 11 is 0. The normalized spacial score (nSPS) is 10.7. The molecule has 4 rings (SSSR count). The number of amides is 2. The van der Waals surface area contributed by atoms with E-state index in [1.165, 1.54) is 0 Å². The number of pyridine rings is 1. The van der Waals surface area contributed by atoms with Crippen LogP contribution in [0.4, 0.5) is 10.5 Å². The SMILES string of the molecule is COc1ccccc1NC(=O)N(CCc1ccccc1)Cc1cc2ccc(C)cc2[nH]c1=O. The Hall–Kier alpha value is -4.06. The molecule has 0 fully saturated rings. The van der Waals surface area contributed by atoms with Crippen LogP contribution < -0.4 is 15.6 Å². The molecule has 4 aromatic rings. The number of methoxy groups -OCH3 is 1. The first-order valence-electron chi connectivity index (χ1n) is 10.9. The second-order valence-electron chi connectivity index (χ2n) is 8.00. The lowest BCUT2D eigenvalue weighted by Gasteiger charge is -2.24. The smallest absolute Gasteiger partial charge is 0.322 e. The molecule has 0 bridgehead atoms. The van der Waals surface area contributed by atoms with E-state index in [2.05, 4.69) is 10.3 Å². The average molecular weight is 442 g/mol. The average Bonchev–Trinajstić information content (AvgIpc) is 2.83. The minimum Gasteiger partial charge on any atom is -0.495 e. The summed E-state index contributed by atoms with van der Waals surface area (Å²) in [6, 6.07) is 24.7. The number of nitrogens with zero attached hydrogens (tertiary/aromatic N) is 1.